The van der Waals surface area contributed by atoms with Gasteiger partial charge in [-0.15, -0.1) is 0 Å². The zero-order chi connectivity index (χ0) is 12.1. The number of nitrogens with zero attached hydrogens (tertiary/aromatic N) is 2. The highest BCUT2D eigenvalue weighted by Crippen LogP contribution is 2.24. The molecule has 0 atom stereocenters. The lowest BCUT2D eigenvalue weighted by Crippen LogP contribution is -1.99. The fourth-order valence-corrected chi connectivity index (χ4v) is 1.44. The molecule has 2 N–H and O–H groups in total. The molecule has 5 nitrogen and oxygen atoms in total. The van der Waals surface area contributed by atoms with E-state index < -0.39 is 0 Å². The Hall–Kier alpha value is -2.14. The van der Waals surface area contributed by atoms with Crippen LogP contribution in [0.3, 0.4) is 0 Å². The van der Waals surface area contributed by atoms with Gasteiger partial charge in [0.05, 0.1) is 19.9 Å². The number of methoxy groups -OCH3 is 1. The SMILES string of the molecule is COc1ccc(CO)c(Nc2cnccn2)c1. The lowest BCUT2D eigenvalue weighted by Gasteiger charge is -2.11. The van der Waals surface area contributed by atoms with Gasteiger partial charge in [-0.05, 0) is 6.07 Å². The van der Waals surface area contributed by atoms with E-state index in [2.05, 4.69) is 15.3 Å². The lowest BCUT2D eigenvalue weighted by molar-refractivity contribution is 0.282. The molecule has 88 valence electrons. The summed E-state index contributed by atoms with van der Waals surface area (Å²) in [5.74, 6) is 1.34. The van der Waals surface area contributed by atoms with E-state index in [0.29, 0.717) is 11.6 Å². The Morgan fingerprint density at radius 1 is 1.35 bits per heavy atom. The predicted octanol–water partition coefficient (Wildman–Crippen LogP) is 1.72. The van der Waals surface area contributed by atoms with Crippen LogP contribution >= 0.6 is 0 Å². The second-order valence-corrected chi connectivity index (χ2v) is 3.40. The third-order valence-electron chi connectivity index (χ3n) is 2.31. The van der Waals surface area contributed by atoms with Crippen molar-refractivity contribution in [3.8, 4) is 5.75 Å². The van der Waals surface area contributed by atoms with Crippen molar-refractivity contribution in [3.05, 3.63) is 42.4 Å². The minimum Gasteiger partial charge on any atom is -0.497 e. The molecule has 2 rings (SSSR count). The number of nitrogens with one attached hydrogen (secondary N) is 1. The Balaban J connectivity index is 2.30. The molecule has 0 aliphatic carbocycles. The van der Waals surface area contributed by atoms with Crippen LogP contribution in [0.1, 0.15) is 5.56 Å². The second-order valence-electron chi connectivity index (χ2n) is 3.40. The number of ether oxygens (including phenoxy) is 1. The number of aliphatic hydroxyl groups excluding tert-OH is 1. The van der Waals surface area contributed by atoms with Gasteiger partial charge in [-0.3, -0.25) is 4.98 Å². The van der Waals surface area contributed by atoms with Crippen molar-refractivity contribution in [1.82, 2.24) is 9.97 Å². The number of hydrogen-bond donors (Lipinski definition) is 2. The molecule has 2 aromatic rings. The minimum atomic E-state index is -0.0490. The summed E-state index contributed by atoms with van der Waals surface area (Å²) in [6.45, 7) is -0.0490. The van der Waals surface area contributed by atoms with Gasteiger partial charge in [-0.25, -0.2) is 4.98 Å². The third kappa shape index (κ3) is 2.70. The molecule has 0 spiro atoms. The zero-order valence-electron chi connectivity index (χ0n) is 9.42. The van der Waals surface area contributed by atoms with Crippen molar-refractivity contribution in [3.63, 3.8) is 0 Å². The topological polar surface area (TPSA) is 67.3 Å². The summed E-state index contributed by atoms with van der Waals surface area (Å²) >= 11 is 0. The van der Waals surface area contributed by atoms with Crippen LogP contribution in [0, 0.1) is 0 Å². The third-order valence-corrected chi connectivity index (χ3v) is 2.31. The quantitative estimate of drug-likeness (QED) is 0.838. The van der Waals surface area contributed by atoms with E-state index in [1.165, 1.54) is 0 Å². The van der Waals surface area contributed by atoms with Crippen LogP contribution in [0.25, 0.3) is 0 Å². The summed E-state index contributed by atoms with van der Waals surface area (Å²) in [5, 5.41) is 12.3. The van der Waals surface area contributed by atoms with Gasteiger partial charge < -0.3 is 15.2 Å². The molecular formula is C12H13N3O2. The lowest BCUT2D eigenvalue weighted by atomic mass is 10.2. The van der Waals surface area contributed by atoms with Gasteiger partial charge in [-0.1, -0.05) is 6.07 Å². The number of anilines is 2. The highest BCUT2D eigenvalue weighted by molar-refractivity contribution is 5.62. The van der Waals surface area contributed by atoms with Gasteiger partial charge in [-0.2, -0.15) is 0 Å². The minimum absolute atomic E-state index is 0.0490. The Bertz CT molecular complexity index is 488. The molecule has 0 bridgehead atoms. The van der Waals surface area contributed by atoms with Crippen molar-refractivity contribution >= 4 is 11.5 Å². The van der Waals surface area contributed by atoms with Gasteiger partial charge in [0.2, 0.25) is 0 Å². The number of benzene rings is 1. The summed E-state index contributed by atoms with van der Waals surface area (Å²) in [7, 11) is 1.60. The van der Waals surface area contributed by atoms with Crippen LogP contribution in [0.5, 0.6) is 5.75 Å². The van der Waals surface area contributed by atoms with E-state index in [1.807, 2.05) is 0 Å². The fourth-order valence-electron chi connectivity index (χ4n) is 1.44. The molecule has 0 fully saturated rings. The van der Waals surface area contributed by atoms with Crippen molar-refractivity contribution in [1.29, 1.82) is 0 Å². The number of aliphatic hydroxyl groups is 1. The molecule has 0 saturated heterocycles. The summed E-state index contributed by atoms with van der Waals surface area (Å²) < 4.78 is 5.13. The predicted molar refractivity (Wildman–Crippen MR) is 64.2 cm³/mol. The molecule has 0 aliphatic rings. The number of hydrogen-bond acceptors (Lipinski definition) is 5. The summed E-state index contributed by atoms with van der Waals surface area (Å²) in [6, 6.07) is 5.41. The fraction of sp³-hybridized carbons (Fsp3) is 0.167. The summed E-state index contributed by atoms with van der Waals surface area (Å²) in [5.41, 5.74) is 1.53. The first-order chi connectivity index (χ1) is 8.33. The first-order valence-electron chi connectivity index (χ1n) is 5.14. The van der Waals surface area contributed by atoms with Crippen LogP contribution in [-0.4, -0.2) is 22.2 Å². The average molecular weight is 231 g/mol. The van der Waals surface area contributed by atoms with Gasteiger partial charge >= 0.3 is 0 Å². The monoisotopic (exact) mass is 231 g/mol. The summed E-state index contributed by atoms with van der Waals surface area (Å²) in [4.78, 5) is 8.07. The highest BCUT2D eigenvalue weighted by atomic mass is 16.5. The van der Waals surface area contributed by atoms with Crippen LogP contribution in [-0.2, 0) is 6.61 Å². The molecule has 5 heteroatoms. The van der Waals surface area contributed by atoms with Crippen LogP contribution in [0.15, 0.2) is 36.8 Å². The van der Waals surface area contributed by atoms with Crippen LogP contribution in [0.4, 0.5) is 11.5 Å². The molecule has 1 aromatic heterocycles. The molecule has 1 aromatic carbocycles. The normalized spacial score (nSPS) is 10.0. The Kier molecular flexibility index (Phi) is 3.52. The number of rotatable bonds is 4. The molecule has 0 saturated carbocycles. The first kappa shape index (κ1) is 11.3. The molecule has 0 radical (unpaired) electrons. The first-order valence-corrected chi connectivity index (χ1v) is 5.14. The van der Waals surface area contributed by atoms with E-state index in [4.69, 9.17) is 4.74 Å². The molecule has 0 amide bonds. The Morgan fingerprint density at radius 3 is 2.88 bits per heavy atom. The Labute approximate surface area is 99.1 Å². The van der Waals surface area contributed by atoms with Gasteiger partial charge in [0, 0.05) is 29.7 Å². The molecular weight excluding hydrogens is 218 g/mol. The van der Waals surface area contributed by atoms with E-state index in [9.17, 15) is 5.11 Å². The average Bonchev–Trinajstić information content (AvgIpc) is 2.40. The van der Waals surface area contributed by atoms with Crippen LogP contribution < -0.4 is 10.1 Å². The maximum atomic E-state index is 9.24. The Morgan fingerprint density at radius 2 is 2.24 bits per heavy atom. The van der Waals surface area contributed by atoms with Crippen molar-refractivity contribution in [2.45, 2.75) is 6.61 Å². The van der Waals surface area contributed by atoms with E-state index in [0.717, 1.165) is 11.3 Å². The largest absolute Gasteiger partial charge is 0.497 e. The van der Waals surface area contributed by atoms with Crippen molar-refractivity contribution in [2.75, 3.05) is 12.4 Å². The molecule has 1 heterocycles. The standard InChI is InChI=1S/C12H13N3O2/c1-17-10-3-2-9(8-16)11(6-10)15-12-7-13-4-5-14-12/h2-7,16H,8H2,1H3,(H,14,15). The second kappa shape index (κ2) is 5.27. The maximum Gasteiger partial charge on any atom is 0.148 e. The number of aromatic nitrogens is 2. The van der Waals surface area contributed by atoms with Gasteiger partial charge in [0.25, 0.3) is 0 Å². The molecule has 0 unspecified atom stereocenters. The van der Waals surface area contributed by atoms with Gasteiger partial charge in [0.15, 0.2) is 0 Å². The van der Waals surface area contributed by atoms with Gasteiger partial charge in [0.1, 0.15) is 11.6 Å². The molecule has 0 aliphatic heterocycles. The zero-order valence-corrected chi connectivity index (χ0v) is 9.42. The molecule has 17 heavy (non-hydrogen) atoms. The maximum absolute atomic E-state index is 9.24. The smallest absolute Gasteiger partial charge is 0.148 e. The van der Waals surface area contributed by atoms with Crippen LogP contribution in [0.2, 0.25) is 0 Å². The van der Waals surface area contributed by atoms with E-state index in [-0.39, 0.29) is 6.61 Å². The van der Waals surface area contributed by atoms with Crippen molar-refractivity contribution < 1.29 is 9.84 Å². The van der Waals surface area contributed by atoms with E-state index >= 15 is 0 Å². The summed E-state index contributed by atoms with van der Waals surface area (Å²) in [6.07, 6.45) is 4.81. The highest BCUT2D eigenvalue weighted by Gasteiger charge is 2.04. The van der Waals surface area contributed by atoms with E-state index in [1.54, 1.807) is 43.9 Å². The van der Waals surface area contributed by atoms with Crippen molar-refractivity contribution in [2.24, 2.45) is 0 Å².